The molecule has 2 heterocycles. The van der Waals surface area contributed by atoms with Crippen molar-refractivity contribution in [1.29, 1.82) is 0 Å². The number of carbonyl (C=O) groups is 2. The van der Waals surface area contributed by atoms with Gasteiger partial charge >= 0.3 is 12.1 Å². The average molecular weight is 352 g/mol. The molecule has 128 valence electrons. The maximum atomic E-state index is 11.1. The van der Waals surface area contributed by atoms with Crippen LogP contribution in [0.3, 0.4) is 0 Å². The third-order valence-electron chi connectivity index (χ3n) is 2.66. The molecule has 2 N–H and O–H groups in total. The molecule has 23 heavy (non-hydrogen) atoms. The fourth-order valence-electron chi connectivity index (χ4n) is 1.73. The molecule has 0 amide bonds. The fourth-order valence-corrected chi connectivity index (χ4v) is 2.67. The number of nitrogens with one attached hydrogen (secondary N) is 1. The zero-order valence-corrected chi connectivity index (χ0v) is 12.9. The van der Waals surface area contributed by atoms with E-state index in [4.69, 9.17) is 14.3 Å². The summed E-state index contributed by atoms with van der Waals surface area (Å²) in [5, 5.41) is 10.9. The van der Waals surface area contributed by atoms with Crippen molar-refractivity contribution in [3.63, 3.8) is 0 Å². The van der Waals surface area contributed by atoms with Gasteiger partial charge < -0.3 is 14.8 Å². The van der Waals surface area contributed by atoms with Gasteiger partial charge in [-0.3, -0.25) is 4.79 Å². The van der Waals surface area contributed by atoms with Crippen molar-refractivity contribution in [2.24, 2.45) is 0 Å². The van der Waals surface area contributed by atoms with Gasteiger partial charge in [0.2, 0.25) is 0 Å². The molecular weight excluding hydrogens is 337 g/mol. The third-order valence-corrected chi connectivity index (χ3v) is 3.82. The Morgan fingerprint density at radius 2 is 2.17 bits per heavy atom. The highest BCUT2D eigenvalue weighted by Gasteiger charge is 2.38. The van der Waals surface area contributed by atoms with Crippen molar-refractivity contribution in [3.05, 3.63) is 23.9 Å². The molecular formula is C13H15F3N2O4S. The Labute approximate surface area is 134 Å². The van der Waals surface area contributed by atoms with E-state index < -0.39 is 12.1 Å². The quantitative estimate of drug-likeness (QED) is 0.844. The minimum Gasteiger partial charge on any atom is -0.475 e. The zero-order valence-electron chi connectivity index (χ0n) is 12.1. The molecule has 0 saturated carbocycles. The van der Waals surface area contributed by atoms with Crippen molar-refractivity contribution >= 4 is 28.9 Å². The van der Waals surface area contributed by atoms with Crippen LogP contribution in [0.5, 0.6) is 0 Å². The number of halogens is 3. The molecule has 1 unspecified atom stereocenters. The number of aliphatic carboxylic acids is 1. The molecule has 1 aliphatic rings. The summed E-state index contributed by atoms with van der Waals surface area (Å²) >= 11 is 1.40. The standard InChI is InChI=1S/C11H14N2O2S.C2HF3O2/c1-8(14)16-11-2-3-12-5-9(11)4-10-6-15-7-13-10;3-2(4,5)1(6)7/h4,6-7,11-12H,2-3,5H2,1H3;(H,6,7). The first kappa shape index (κ1) is 19.2. The number of hydrogen-bond donors (Lipinski definition) is 2. The molecule has 1 fully saturated rings. The van der Waals surface area contributed by atoms with Gasteiger partial charge in [-0.1, -0.05) is 11.8 Å². The lowest BCUT2D eigenvalue weighted by Crippen LogP contribution is -2.32. The molecule has 1 aromatic rings. The highest BCUT2D eigenvalue weighted by atomic mass is 32.2. The monoisotopic (exact) mass is 352 g/mol. The number of hydrogen-bond acceptors (Lipinski definition) is 6. The second kappa shape index (κ2) is 8.73. The van der Waals surface area contributed by atoms with Crippen LogP contribution in [0.25, 0.3) is 6.08 Å². The lowest BCUT2D eigenvalue weighted by molar-refractivity contribution is -0.192. The Morgan fingerprint density at radius 1 is 1.52 bits per heavy atom. The van der Waals surface area contributed by atoms with Gasteiger partial charge in [0.1, 0.15) is 12.0 Å². The molecule has 0 radical (unpaired) electrons. The van der Waals surface area contributed by atoms with Gasteiger partial charge in [-0.25, -0.2) is 9.78 Å². The smallest absolute Gasteiger partial charge is 0.475 e. The van der Waals surface area contributed by atoms with Crippen LogP contribution in [-0.4, -0.2) is 45.7 Å². The SMILES string of the molecule is CC(=O)SC1CCNCC1=Cc1cocn1.O=C(O)C(F)(F)F. The van der Waals surface area contributed by atoms with Crippen molar-refractivity contribution < 1.29 is 32.3 Å². The van der Waals surface area contributed by atoms with Gasteiger partial charge in [-0.05, 0) is 24.6 Å². The topological polar surface area (TPSA) is 92.4 Å². The van der Waals surface area contributed by atoms with Crippen LogP contribution in [0.2, 0.25) is 0 Å². The predicted molar refractivity (Wildman–Crippen MR) is 77.7 cm³/mol. The van der Waals surface area contributed by atoms with E-state index in [0.717, 1.165) is 25.2 Å². The molecule has 0 aromatic carbocycles. The fraction of sp³-hybridized carbons (Fsp3) is 0.462. The number of aromatic nitrogens is 1. The largest absolute Gasteiger partial charge is 0.490 e. The number of carboxylic acids is 1. The summed E-state index contributed by atoms with van der Waals surface area (Å²) < 4.78 is 36.7. The lowest BCUT2D eigenvalue weighted by atomic mass is 10.1. The number of oxazole rings is 1. The molecule has 0 spiro atoms. The molecule has 0 aliphatic carbocycles. The van der Waals surface area contributed by atoms with Crippen LogP contribution in [0.15, 0.2) is 22.6 Å². The summed E-state index contributed by atoms with van der Waals surface area (Å²) in [6.45, 7) is 3.39. The van der Waals surface area contributed by atoms with E-state index in [1.54, 1.807) is 13.2 Å². The first-order valence-corrected chi connectivity index (χ1v) is 7.35. The van der Waals surface area contributed by atoms with Gasteiger partial charge in [0.25, 0.3) is 0 Å². The Kier molecular flexibility index (Phi) is 7.30. The van der Waals surface area contributed by atoms with E-state index in [1.807, 2.05) is 6.08 Å². The van der Waals surface area contributed by atoms with Crippen molar-refractivity contribution in [2.75, 3.05) is 13.1 Å². The first-order chi connectivity index (χ1) is 10.7. The van der Waals surface area contributed by atoms with E-state index >= 15 is 0 Å². The number of nitrogens with zero attached hydrogens (tertiary/aromatic N) is 1. The summed E-state index contributed by atoms with van der Waals surface area (Å²) in [6.07, 6.45) is 0.914. The molecule has 1 aliphatic heterocycles. The number of carbonyl (C=O) groups excluding carboxylic acids is 1. The molecule has 1 aromatic heterocycles. The lowest BCUT2D eigenvalue weighted by Gasteiger charge is -2.24. The number of piperidine rings is 1. The number of rotatable bonds is 2. The van der Waals surface area contributed by atoms with Crippen molar-refractivity contribution in [2.45, 2.75) is 24.8 Å². The highest BCUT2D eigenvalue weighted by Crippen LogP contribution is 2.26. The van der Waals surface area contributed by atoms with Crippen molar-refractivity contribution in [3.8, 4) is 0 Å². The summed E-state index contributed by atoms with van der Waals surface area (Å²) in [5.74, 6) is -2.76. The first-order valence-electron chi connectivity index (χ1n) is 6.47. The summed E-state index contributed by atoms with van der Waals surface area (Å²) in [5.41, 5.74) is 2.02. The number of alkyl halides is 3. The Bertz CT molecular complexity index is 558. The van der Waals surface area contributed by atoms with E-state index in [2.05, 4.69) is 10.3 Å². The molecule has 1 atom stereocenters. The van der Waals surface area contributed by atoms with E-state index in [0.29, 0.717) is 0 Å². The van der Waals surface area contributed by atoms with Gasteiger partial charge in [0.15, 0.2) is 11.5 Å². The minimum absolute atomic E-state index is 0.165. The Balaban J connectivity index is 0.000000322. The van der Waals surface area contributed by atoms with Gasteiger partial charge in [0, 0.05) is 18.7 Å². The summed E-state index contributed by atoms with van der Waals surface area (Å²) in [7, 11) is 0. The highest BCUT2D eigenvalue weighted by molar-refractivity contribution is 8.14. The van der Waals surface area contributed by atoms with E-state index in [1.165, 1.54) is 23.7 Å². The second-order valence-corrected chi connectivity index (χ2v) is 5.88. The number of thioether (sulfide) groups is 1. The maximum Gasteiger partial charge on any atom is 0.490 e. The molecule has 2 rings (SSSR count). The van der Waals surface area contributed by atoms with Crippen LogP contribution < -0.4 is 5.32 Å². The van der Waals surface area contributed by atoms with Gasteiger partial charge in [-0.15, -0.1) is 0 Å². The Hall–Kier alpha value is -1.81. The maximum absolute atomic E-state index is 11.1. The van der Waals surface area contributed by atoms with Crippen LogP contribution in [0, 0.1) is 0 Å². The average Bonchev–Trinajstić information content (AvgIpc) is 2.93. The van der Waals surface area contributed by atoms with E-state index in [-0.39, 0.29) is 10.4 Å². The molecule has 10 heteroatoms. The summed E-state index contributed by atoms with van der Waals surface area (Å²) in [6, 6.07) is 0. The van der Waals surface area contributed by atoms with Gasteiger partial charge in [-0.2, -0.15) is 13.2 Å². The molecule has 1 saturated heterocycles. The third kappa shape index (κ3) is 7.33. The van der Waals surface area contributed by atoms with Crippen LogP contribution in [0.1, 0.15) is 19.0 Å². The van der Waals surface area contributed by atoms with E-state index in [9.17, 15) is 18.0 Å². The van der Waals surface area contributed by atoms with Crippen LogP contribution in [-0.2, 0) is 9.59 Å². The van der Waals surface area contributed by atoms with Crippen molar-refractivity contribution in [1.82, 2.24) is 10.3 Å². The Morgan fingerprint density at radius 3 is 2.65 bits per heavy atom. The molecule has 6 nitrogen and oxygen atoms in total. The second-order valence-electron chi connectivity index (χ2n) is 4.50. The zero-order chi connectivity index (χ0) is 17.5. The normalized spacial score (nSPS) is 19.8. The molecule has 0 bridgehead atoms. The summed E-state index contributed by atoms with van der Waals surface area (Å²) in [4.78, 5) is 24.1. The van der Waals surface area contributed by atoms with Gasteiger partial charge in [0.05, 0.1) is 0 Å². The predicted octanol–water partition coefficient (Wildman–Crippen LogP) is 2.33. The minimum atomic E-state index is -5.08. The number of carboxylic acid groups (broad SMARTS) is 1. The van der Waals surface area contributed by atoms with Crippen LogP contribution in [0.4, 0.5) is 13.2 Å². The van der Waals surface area contributed by atoms with Crippen LogP contribution >= 0.6 is 11.8 Å².